The molecule has 2 N–H and O–H groups in total. The number of aromatic hydroxyl groups is 1. The molecule has 1 aromatic carbocycles. The van der Waals surface area contributed by atoms with E-state index in [1.165, 1.54) is 23.2 Å². The molecule has 0 saturated heterocycles. The van der Waals surface area contributed by atoms with Crippen molar-refractivity contribution < 1.29 is 19.8 Å². The molecule has 1 aromatic heterocycles. The smallest absolute Gasteiger partial charge is 0.325 e. The first-order valence-electron chi connectivity index (χ1n) is 6.24. The maximum absolute atomic E-state index is 12.4. The summed E-state index contributed by atoms with van der Waals surface area (Å²) < 4.78 is 1.08. The lowest BCUT2D eigenvalue weighted by Gasteiger charge is -2.19. The number of benzene rings is 1. The molecule has 2 rings (SSSR count). The monoisotopic (exact) mass is 290 g/mol. The number of carbonyl (C=O) groups excluding carboxylic acids is 1. The Morgan fingerprint density at radius 1 is 1.38 bits per heavy atom. The molecule has 110 valence electrons. The Kier molecular flexibility index (Phi) is 4.17. The molecule has 0 saturated carbocycles. The fourth-order valence-corrected chi connectivity index (χ4v) is 1.85. The second-order valence-corrected chi connectivity index (χ2v) is 4.26. The highest BCUT2D eigenvalue weighted by atomic mass is 16.4. The maximum atomic E-state index is 12.4. The summed E-state index contributed by atoms with van der Waals surface area (Å²) in [5, 5.41) is 25.4. The van der Waals surface area contributed by atoms with Crippen molar-refractivity contribution >= 4 is 17.6 Å². The van der Waals surface area contributed by atoms with Gasteiger partial charge in [-0.1, -0.05) is 11.3 Å². The lowest BCUT2D eigenvalue weighted by molar-refractivity contribution is -0.137. The van der Waals surface area contributed by atoms with E-state index in [0.717, 1.165) is 4.68 Å². The first-order chi connectivity index (χ1) is 10.0. The molecule has 0 bridgehead atoms. The number of anilines is 1. The molecule has 0 aliphatic rings. The molecule has 1 amide bonds. The van der Waals surface area contributed by atoms with E-state index in [4.69, 9.17) is 5.11 Å². The maximum Gasteiger partial charge on any atom is 0.325 e. The molecule has 1 heterocycles. The normalized spacial score (nSPS) is 10.3. The summed E-state index contributed by atoms with van der Waals surface area (Å²) in [6, 6.07) is 6.28. The molecule has 0 aliphatic carbocycles. The van der Waals surface area contributed by atoms with Crippen molar-refractivity contribution in [1.29, 1.82) is 0 Å². The van der Waals surface area contributed by atoms with Crippen LogP contribution in [0.5, 0.6) is 5.75 Å². The molecule has 0 aliphatic heterocycles. The van der Waals surface area contributed by atoms with Gasteiger partial charge in [-0.2, -0.15) is 0 Å². The Hall–Kier alpha value is -2.90. The van der Waals surface area contributed by atoms with Crippen LogP contribution in [0.25, 0.3) is 0 Å². The highest BCUT2D eigenvalue weighted by Gasteiger charge is 2.20. The summed E-state index contributed by atoms with van der Waals surface area (Å²) in [5.41, 5.74) is 0.566. The second-order valence-electron chi connectivity index (χ2n) is 4.26. The molecule has 0 unspecified atom stereocenters. The average Bonchev–Trinajstić information content (AvgIpc) is 2.87. The van der Waals surface area contributed by atoms with E-state index >= 15 is 0 Å². The standard InChI is InChI=1S/C13H14N4O4/c1-2-17(9-4-3-5-10(18)6-9)13(21)11-7-16(15-14-11)8-12(19)20/h3-7,18H,2,8H2,1H3,(H,19,20). The van der Waals surface area contributed by atoms with Crippen LogP contribution in [0.4, 0.5) is 5.69 Å². The Bertz CT molecular complexity index is 668. The van der Waals surface area contributed by atoms with Gasteiger partial charge >= 0.3 is 5.97 Å². The van der Waals surface area contributed by atoms with Gasteiger partial charge < -0.3 is 15.1 Å². The minimum absolute atomic E-state index is 0.0430. The minimum Gasteiger partial charge on any atom is -0.508 e. The quantitative estimate of drug-likeness (QED) is 0.840. The summed E-state index contributed by atoms with van der Waals surface area (Å²) >= 11 is 0. The number of rotatable bonds is 5. The lowest BCUT2D eigenvalue weighted by Crippen LogP contribution is -2.30. The Morgan fingerprint density at radius 3 is 2.76 bits per heavy atom. The molecule has 0 radical (unpaired) electrons. The number of phenols is 1. The van der Waals surface area contributed by atoms with Gasteiger partial charge in [-0.3, -0.25) is 9.59 Å². The first-order valence-corrected chi connectivity index (χ1v) is 6.24. The molecular formula is C13H14N4O4. The van der Waals surface area contributed by atoms with Gasteiger partial charge in [0.05, 0.1) is 6.20 Å². The summed E-state index contributed by atoms with van der Waals surface area (Å²) in [7, 11) is 0. The number of carbonyl (C=O) groups is 2. The van der Waals surface area contributed by atoms with E-state index < -0.39 is 11.9 Å². The summed E-state index contributed by atoms with van der Waals surface area (Å²) in [5.74, 6) is -1.44. The molecule has 0 spiro atoms. The number of carboxylic acids is 1. The molecular weight excluding hydrogens is 276 g/mol. The van der Waals surface area contributed by atoms with Crippen LogP contribution in [-0.4, -0.2) is 43.6 Å². The zero-order chi connectivity index (χ0) is 15.4. The first kappa shape index (κ1) is 14.5. The van der Waals surface area contributed by atoms with Crippen LogP contribution in [0.2, 0.25) is 0 Å². The number of aliphatic carboxylic acids is 1. The third-order valence-corrected chi connectivity index (χ3v) is 2.76. The second kappa shape index (κ2) is 6.04. The molecule has 8 nitrogen and oxygen atoms in total. The van der Waals surface area contributed by atoms with Crippen LogP contribution in [0.1, 0.15) is 17.4 Å². The molecule has 0 fully saturated rings. The van der Waals surface area contributed by atoms with Crippen LogP contribution >= 0.6 is 0 Å². The van der Waals surface area contributed by atoms with Crippen molar-refractivity contribution in [3.05, 3.63) is 36.2 Å². The van der Waals surface area contributed by atoms with Crippen molar-refractivity contribution in [3.63, 3.8) is 0 Å². The zero-order valence-electron chi connectivity index (χ0n) is 11.3. The van der Waals surface area contributed by atoms with Crippen LogP contribution < -0.4 is 4.90 Å². The van der Waals surface area contributed by atoms with Crippen LogP contribution in [-0.2, 0) is 11.3 Å². The predicted molar refractivity (Wildman–Crippen MR) is 73.1 cm³/mol. The molecule has 2 aromatic rings. The zero-order valence-corrected chi connectivity index (χ0v) is 11.3. The van der Waals surface area contributed by atoms with Gasteiger partial charge in [0.15, 0.2) is 5.69 Å². The van der Waals surface area contributed by atoms with E-state index in [2.05, 4.69) is 10.3 Å². The number of aromatic nitrogens is 3. The van der Waals surface area contributed by atoms with Gasteiger partial charge in [0, 0.05) is 18.3 Å². The fourth-order valence-electron chi connectivity index (χ4n) is 1.85. The number of amides is 1. The van der Waals surface area contributed by atoms with Crippen LogP contribution in [0, 0.1) is 0 Å². The number of phenolic OH excluding ortho intramolecular Hbond substituents is 1. The number of hydrogen-bond donors (Lipinski definition) is 2. The topological polar surface area (TPSA) is 109 Å². The molecule has 21 heavy (non-hydrogen) atoms. The Balaban J connectivity index is 2.24. The highest BCUT2D eigenvalue weighted by Crippen LogP contribution is 2.21. The molecule has 0 atom stereocenters. The van der Waals surface area contributed by atoms with E-state index in [1.54, 1.807) is 19.1 Å². The minimum atomic E-state index is -1.07. The predicted octanol–water partition coefficient (Wildman–Crippen LogP) is 0.735. The van der Waals surface area contributed by atoms with E-state index in [1.807, 2.05) is 0 Å². The number of nitrogens with zero attached hydrogens (tertiary/aromatic N) is 4. The number of carboxylic acid groups (broad SMARTS) is 1. The van der Waals surface area contributed by atoms with Crippen LogP contribution in [0.3, 0.4) is 0 Å². The largest absolute Gasteiger partial charge is 0.508 e. The third-order valence-electron chi connectivity index (χ3n) is 2.76. The average molecular weight is 290 g/mol. The van der Waals surface area contributed by atoms with Crippen molar-refractivity contribution in [2.45, 2.75) is 13.5 Å². The third kappa shape index (κ3) is 3.35. The Labute approximate surface area is 120 Å². The van der Waals surface area contributed by atoms with Gasteiger partial charge in [0.1, 0.15) is 12.3 Å². The number of hydrogen-bond acceptors (Lipinski definition) is 5. The SMILES string of the molecule is CCN(C(=O)c1cn(CC(=O)O)nn1)c1cccc(O)c1. The van der Waals surface area contributed by atoms with E-state index in [9.17, 15) is 14.7 Å². The van der Waals surface area contributed by atoms with E-state index in [0.29, 0.717) is 12.2 Å². The van der Waals surface area contributed by atoms with Crippen molar-refractivity contribution in [1.82, 2.24) is 15.0 Å². The van der Waals surface area contributed by atoms with Crippen molar-refractivity contribution in [2.75, 3.05) is 11.4 Å². The summed E-state index contributed by atoms with van der Waals surface area (Å²) in [6.45, 7) is 1.79. The van der Waals surface area contributed by atoms with Gasteiger partial charge in [0.25, 0.3) is 5.91 Å². The van der Waals surface area contributed by atoms with Crippen molar-refractivity contribution in [3.8, 4) is 5.75 Å². The lowest BCUT2D eigenvalue weighted by atomic mass is 10.2. The van der Waals surface area contributed by atoms with Crippen LogP contribution in [0.15, 0.2) is 30.5 Å². The fraction of sp³-hybridized carbons (Fsp3) is 0.231. The van der Waals surface area contributed by atoms with Gasteiger partial charge in [-0.05, 0) is 19.1 Å². The summed E-state index contributed by atoms with van der Waals surface area (Å²) in [6.07, 6.45) is 1.28. The summed E-state index contributed by atoms with van der Waals surface area (Å²) in [4.78, 5) is 24.4. The van der Waals surface area contributed by atoms with Gasteiger partial charge in [-0.15, -0.1) is 5.10 Å². The van der Waals surface area contributed by atoms with Gasteiger partial charge in [0.2, 0.25) is 0 Å². The highest BCUT2D eigenvalue weighted by molar-refractivity contribution is 6.04. The Morgan fingerprint density at radius 2 is 2.14 bits per heavy atom. The van der Waals surface area contributed by atoms with Crippen molar-refractivity contribution in [2.24, 2.45) is 0 Å². The van der Waals surface area contributed by atoms with E-state index in [-0.39, 0.29) is 18.0 Å². The van der Waals surface area contributed by atoms with Gasteiger partial charge in [-0.25, -0.2) is 4.68 Å². The molecule has 8 heteroatoms.